The third kappa shape index (κ3) is 7.63. The van der Waals surface area contributed by atoms with E-state index in [0.717, 1.165) is 18.2 Å². The van der Waals surface area contributed by atoms with Crippen LogP contribution < -0.4 is 16.4 Å². The van der Waals surface area contributed by atoms with Crippen LogP contribution in [0.2, 0.25) is 0 Å². The van der Waals surface area contributed by atoms with E-state index in [9.17, 15) is 18.0 Å². The maximum atomic E-state index is 12.1. The van der Waals surface area contributed by atoms with Gasteiger partial charge in [-0.1, -0.05) is 0 Å². The van der Waals surface area contributed by atoms with E-state index in [-0.39, 0.29) is 5.91 Å². The second kappa shape index (κ2) is 10.1. The molecule has 2 saturated carbocycles. The molecule has 1 heterocycles. The number of carbonyl (C=O) groups is 2. The van der Waals surface area contributed by atoms with Crippen LogP contribution in [0.25, 0.3) is 0 Å². The lowest BCUT2D eigenvalue weighted by Gasteiger charge is -2.27. The van der Waals surface area contributed by atoms with E-state index in [2.05, 4.69) is 15.6 Å². The van der Waals surface area contributed by atoms with Crippen molar-refractivity contribution in [2.75, 3.05) is 18.4 Å². The number of anilines is 1. The minimum Gasteiger partial charge on any atom is -0.475 e. The van der Waals surface area contributed by atoms with Crippen molar-refractivity contribution in [2.45, 2.75) is 50.7 Å². The van der Waals surface area contributed by atoms with E-state index in [0.29, 0.717) is 23.6 Å². The van der Waals surface area contributed by atoms with Crippen molar-refractivity contribution < 1.29 is 27.9 Å². The van der Waals surface area contributed by atoms with Crippen LogP contribution in [0.4, 0.5) is 18.3 Å². The number of nitrogens with two attached hydrogens (primary N) is 1. The first-order valence-corrected chi connectivity index (χ1v) is 10.1. The number of thiazole rings is 1. The molecule has 2 aliphatic carbocycles. The number of nitrogens with one attached hydrogen (secondary N) is 2. The highest BCUT2D eigenvalue weighted by Gasteiger charge is 2.38. The van der Waals surface area contributed by atoms with Gasteiger partial charge in [0.25, 0.3) is 5.91 Å². The molecule has 11 heteroatoms. The predicted molar refractivity (Wildman–Crippen MR) is 99.3 cm³/mol. The topological polar surface area (TPSA) is 117 Å². The molecule has 0 aliphatic heterocycles. The molecule has 0 radical (unpaired) electrons. The molecule has 0 spiro atoms. The molecule has 2 aliphatic rings. The number of carboxylic acids is 1. The van der Waals surface area contributed by atoms with Crippen molar-refractivity contribution >= 4 is 28.3 Å². The van der Waals surface area contributed by atoms with Gasteiger partial charge in [-0.25, -0.2) is 9.78 Å². The molecule has 1 amide bonds. The summed E-state index contributed by atoms with van der Waals surface area (Å²) in [6.07, 6.45) is 2.09. The molecule has 3 rings (SSSR count). The molecule has 0 saturated heterocycles. The molecule has 2 fully saturated rings. The second-order valence-electron chi connectivity index (χ2n) is 7.09. The number of nitrogens with zero attached hydrogens (tertiary/aromatic N) is 1. The highest BCUT2D eigenvalue weighted by Crippen LogP contribution is 2.28. The highest BCUT2D eigenvalue weighted by atomic mass is 32.1. The monoisotopic (exact) mass is 422 g/mol. The van der Waals surface area contributed by atoms with Crippen LogP contribution in [-0.4, -0.2) is 47.3 Å². The zero-order chi connectivity index (χ0) is 20.7. The van der Waals surface area contributed by atoms with Gasteiger partial charge >= 0.3 is 12.1 Å². The molecule has 0 bridgehead atoms. The Balaban J connectivity index is 0.000000345. The number of hydrogen-bond donors (Lipinski definition) is 4. The van der Waals surface area contributed by atoms with Crippen molar-refractivity contribution in [1.29, 1.82) is 0 Å². The number of carbonyl (C=O) groups excluding carboxylic acids is 1. The first-order valence-electron chi connectivity index (χ1n) is 9.19. The van der Waals surface area contributed by atoms with Gasteiger partial charge in [-0.3, -0.25) is 4.79 Å². The molecule has 1 aromatic heterocycles. The molecule has 28 heavy (non-hydrogen) atoms. The van der Waals surface area contributed by atoms with E-state index < -0.39 is 12.1 Å². The molecule has 5 N–H and O–H groups in total. The summed E-state index contributed by atoms with van der Waals surface area (Å²) in [6.45, 7) is 1.56. The van der Waals surface area contributed by atoms with Crippen LogP contribution in [0, 0.1) is 11.8 Å². The number of hydrogen-bond acceptors (Lipinski definition) is 6. The smallest absolute Gasteiger partial charge is 0.475 e. The summed E-state index contributed by atoms with van der Waals surface area (Å²) in [7, 11) is 0. The Morgan fingerprint density at radius 2 is 1.75 bits per heavy atom. The van der Waals surface area contributed by atoms with E-state index in [1.54, 1.807) is 0 Å². The van der Waals surface area contributed by atoms with E-state index in [4.69, 9.17) is 15.6 Å². The summed E-state index contributed by atoms with van der Waals surface area (Å²) in [5.74, 6) is -1.52. The van der Waals surface area contributed by atoms with Crippen LogP contribution >= 0.6 is 11.3 Å². The number of aliphatic carboxylic acids is 1. The van der Waals surface area contributed by atoms with Crippen LogP contribution in [0.1, 0.15) is 49.0 Å². The Kier molecular flexibility index (Phi) is 8.05. The van der Waals surface area contributed by atoms with Crippen molar-refractivity contribution in [1.82, 2.24) is 10.3 Å². The van der Waals surface area contributed by atoms with Crippen LogP contribution in [0.15, 0.2) is 5.38 Å². The lowest BCUT2D eigenvalue weighted by atomic mass is 9.82. The molecule has 1 aromatic rings. The summed E-state index contributed by atoms with van der Waals surface area (Å²) in [5, 5.41) is 16.2. The maximum absolute atomic E-state index is 12.1. The van der Waals surface area contributed by atoms with Gasteiger partial charge in [0.05, 0.1) is 0 Å². The number of amides is 1. The number of halogens is 3. The lowest BCUT2D eigenvalue weighted by Crippen LogP contribution is -2.32. The van der Waals surface area contributed by atoms with Gasteiger partial charge in [-0.05, 0) is 56.9 Å². The van der Waals surface area contributed by atoms with Gasteiger partial charge in [0.1, 0.15) is 5.69 Å². The van der Waals surface area contributed by atoms with Crippen molar-refractivity contribution in [3.8, 4) is 0 Å². The van der Waals surface area contributed by atoms with E-state index in [1.165, 1.54) is 49.9 Å². The maximum Gasteiger partial charge on any atom is 0.490 e. The fraction of sp³-hybridized carbons (Fsp3) is 0.706. The Morgan fingerprint density at radius 1 is 1.18 bits per heavy atom. The number of alkyl halides is 3. The van der Waals surface area contributed by atoms with Crippen molar-refractivity contribution in [2.24, 2.45) is 17.6 Å². The van der Waals surface area contributed by atoms with Gasteiger partial charge in [0, 0.05) is 18.0 Å². The minimum atomic E-state index is -5.08. The SMILES string of the molecule is NCC1CCC(CNC(=O)c2csc(NC3CC3)n2)CC1.O=C(O)C(F)(F)F. The van der Waals surface area contributed by atoms with Crippen LogP contribution in [0.3, 0.4) is 0 Å². The minimum absolute atomic E-state index is 0.0453. The average molecular weight is 422 g/mol. The number of aromatic nitrogens is 1. The van der Waals surface area contributed by atoms with Crippen molar-refractivity contribution in [3.63, 3.8) is 0 Å². The predicted octanol–water partition coefficient (Wildman–Crippen LogP) is 2.85. The lowest BCUT2D eigenvalue weighted by molar-refractivity contribution is -0.192. The Morgan fingerprint density at radius 3 is 2.25 bits per heavy atom. The van der Waals surface area contributed by atoms with Crippen LogP contribution in [0.5, 0.6) is 0 Å². The molecule has 0 aromatic carbocycles. The number of rotatable bonds is 6. The van der Waals surface area contributed by atoms with Crippen LogP contribution in [-0.2, 0) is 4.79 Å². The van der Waals surface area contributed by atoms with Gasteiger partial charge in [-0.15, -0.1) is 11.3 Å². The third-order valence-electron chi connectivity index (χ3n) is 4.74. The molecule has 0 unspecified atom stereocenters. The average Bonchev–Trinajstić information content (AvgIpc) is 3.34. The molecule has 158 valence electrons. The van der Waals surface area contributed by atoms with Crippen molar-refractivity contribution in [3.05, 3.63) is 11.1 Å². The first-order chi connectivity index (χ1) is 13.2. The molecular formula is C17H25F3N4O3S. The summed E-state index contributed by atoms with van der Waals surface area (Å²) in [4.78, 5) is 25.4. The summed E-state index contributed by atoms with van der Waals surface area (Å²) in [6, 6.07) is 0.574. The fourth-order valence-corrected chi connectivity index (χ4v) is 3.61. The van der Waals surface area contributed by atoms with Gasteiger partial charge in [0.15, 0.2) is 5.13 Å². The summed E-state index contributed by atoms with van der Waals surface area (Å²) < 4.78 is 31.7. The van der Waals surface area contributed by atoms with Gasteiger partial charge in [0.2, 0.25) is 0 Å². The molecular weight excluding hydrogens is 397 g/mol. The zero-order valence-electron chi connectivity index (χ0n) is 15.3. The largest absolute Gasteiger partial charge is 0.490 e. The quantitative estimate of drug-likeness (QED) is 0.560. The Labute approximate surface area is 164 Å². The first kappa shape index (κ1) is 22.4. The summed E-state index contributed by atoms with van der Waals surface area (Å²) >= 11 is 1.51. The highest BCUT2D eigenvalue weighted by molar-refractivity contribution is 7.13. The van der Waals surface area contributed by atoms with Gasteiger partial charge in [-0.2, -0.15) is 13.2 Å². The Hall–Kier alpha value is -1.88. The second-order valence-corrected chi connectivity index (χ2v) is 7.95. The third-order valence-corrected chi connectivity index (χ3v) is 5.51. The standard InChI is InChI=1S/C15H24N4OS.C2HF3O2/c16-7-10-1-3-11(4-2-10)8-17-14(20)13-9-21-15(19-13)18-12-5-6-12;3-2(4,5)1(6)7/h9-12H,1-8,16H2,(H,17,20)(H,18,19);(H,6,7). The number of carboxylic acid groups (broad SMARTS) is 1. The molecule has 7 nitrogen and oxygen atoms in total. The fourth-order valence-electron chi connectivity index (χ4n) is 2.85. The molecule has 0 atom stereocenters. The summed E-state index contributed by atoms with van der Waals surface area (Å²) in [5.41, 5.74) is 6.25. The Bertz CT molecular complexity index is 656. The normalized spacial score (nSPS) is 22.0. The van der Waals surface area contributed by atoms with E-state index >= 15 is 0 Å². The zero-order valence-corrected chi connectivity index (χ0v) is 16.1. The van der Waals surface area contributed by atoms with Gasteiger partial charge < -0.3 is 21.5 Å². The van der Waals surface area contributed by atoms with E-state index in [1.807, 2.05) is 5.38 Å².